The highest BCUT2D eigenvalue weighted by molar-refractivity contribution is 6.35. The van der Waals surface area contributed by atoms with Crippen LogP contribution in [0, 0.1) is 19.7 Å². The molecule has 0 fully saturated rings. The molecule has 4 nitrogen and oxygen atoms in total. The summed E-state index contributed by atoms with van der Waals surface area (Å²) in [4.78, 5) is 16.0. The predicted octanol–water partition coefficient (Wildman–Crippen LogP) is 3.98. The van der Waals surface area contributed by atoms with Gasteiger partial charge in [-0.3, -0.25) is 4.79 Å². The third-order valence-electron chi connectivity index (χ3n) is 2.90. The fourth-order valence-corrected chi connectivity index (χ4v) is 2.47. The molecule has 0 radical (unpaired) electrons. The molecule has 0 aliphatic rings. The maximum absolute atomic E-state index is 14.0. The van der Waals surface area contributed by atoms with Crippen molar-refractivity contribution in [1.29, 1.82) is 0 Å². The number of carbonyl (C=O) groups excluding carboxylic acids is 1. The Morgan fingerprint density at radius 2 is 1.90 bits per heavy atom. The summed E-state index contributed by atoms with van der Waals surface area (Å²) in [6, 6.07) is 4.27. The SMILES string of the molecule is Cc1cc(N)cc(C(=O)Nc2c(C)cc(Cl)nc2Cl)c1F. The number of halogens is 3. The summed E-state index contributed by atoms with van der Waals surface area (Å²) >= 11 is 11.7. The summed E-state index contributed by atoms with van der Waals surface area (Å²) in [5.41, 5.74) is 6.98. The normalized spacial score (nSPS) is 10.5. The minimum atomic E-state index is -0.656. The first-order valence-electron chi connectivity index (χ1n) is 5.99. The van der Waals surface area contributed by atoms with Crippen molar-refractivity contribution in [2.24, 2.45) is 0 Å². The lowest BCUT2D eigenvalue weighted by atomic mass is 10.1. The van der Waals surface area contributed by atoms with Crippen LogP contribution < -0.4 is 11.1 Å². The second-order valence-electron chi connectivity index (χ2n) is 4.58. The monoisotopic (exact) mass is 327 g/mol. The smallest absolute Gasteiger partial charge is 0.258 e. The number of nitrogens with zero attached hydrogens (tertiary/aromatic N) is 1. The van der Waals surface area contributed by atoms with Gasteiger partial charge in [0, 0.05) is 5.69 Å². The number of rotatable bonds is 2. The van der Waals surface area contributed by atoms with E-state index in [0.717, 1.165) is 0 Å². The van der Waals surface area contributed by atoms with E-state index in [1.807, 2.05) is 0 Å². The lowest BCUT2D eigenvalue weighted by Crippen LogP contribution is -2.16. The number of hydrogen-bond acceptors (Lipinski definition) is 3. The zero-order valence-corrected chi connectivity index (χ0v) is 12.8. The number of benzene rings is 1. The molecule has 7 heteroatoms. The quantitative estimate of drug-likeness (QED) is 0.647. The zero-order chi connectivity index (χ0) is 15.7. The first-order chi connectivity index (χ1) is 9.79. The van der Waals surface area contributed by atoms with Crippen molar-refractivity contribution in [3.05, 3.63) is 51.0 Å². The van der Waals surface area contributed by atoms with Gasteiger partial charge in [-0.2, -0.15) is 0 Å². The van der Waals surface area contributed by atoms with Crippen LogP contribution in [0.25, 0.3) is 0 Å². The highest BCUT2D eigenvalue weighted by atomic mass is 35.5. The Morgan fingerprint density at radius 1 is 1.24 bits per heavy atom. The summed E-state index contributed by atoms with van der Waals surface area (Å²) in [6.45, 7) is 3.24. The standard InChI is InChI=1S/C14H12Cl2FN3O/c1-6-3-8(18)5-9(11(6)17)14(21)20-12-7(2)4-10(15)19-13(12)16/h3-5H,18H2,1-2H3,(H,20,21). The molecular formula is C14H12Cl2FN3O. The van der Waals surface area contributed by atoms with Crippen LogP contribution in [0.1, 0.15) is 21.5 Å². The average molecular weight is 328 g/mol. The van der Waals surface area contributed by atoms with Gasteiger partial charge in [-0.25, -0.2) is 9.37 Å². The number of carbonyl (C=O) groups is 1. The lowest BCUT2D eigenvalue weighted by Gasteiger charge is -2.12. The van der Waals surface area contributed by atoms with Crippen molar-refractivity contribution in [2.45, 2.75) is 13.8 Å². The minimum Gasteiger partial charge on any atom is -0.399 e. The van der Waals surface area contributed by atoms with Crippen molar-refractivity contribution >= 4 is 40.5 Å². The van der Waals surface area contributed by atoms with Gasteiger partial charge in [0.25, 0.3) is 5.91 Å². The van der Waals surface area contributed by atoms with Crippen LogP contribution in [0.15, 0.2) is 18.2 Å². The van der Waals surface area contributed by atoms with E-state index in [4.69, 9.17) is 28.9 Å². The first-order valence-corrected chi connectivity index (χ1v) is 6.74. The van der Waals surface area contributed by atoms with Gasteiger partial charge in [-0.15, -0.1) is 0 Å². The molecule has 0 unspecified atom stereocenters. The van der Waals surface area contributed by atoms with E-state index in [1.165, 1.54) is 19.1 Å². The molecule has 2 aromatic rings. The number of anilines is 2. The van der Waals surface area contributed by atoms with E-state index in [-0.39, 0.29) is 27.1 Å². The van der Waals surface area contributed by atoms with E-state index >= 15 is 0 Å². The van der Waals surface area contributed by atoms with Gasteiger partial charge < -0.3 is 11.1 Å². The number of aromatic nitrogens is 1. The molecule has 0 atom stereocenters. The Morgan fingerprint density at radius 3 is 2.52 bits per heavy atom. The molecule has 110 valence electrons. The molecule has 1 aromatic heterocycles. The van der Waals surface area contributed by atoms with Crippen molar-refractivity contribution in [3.8, 4) is 0 Å². The average Bonchev–Trinajstić information content (AvgIpc) is 2.37. The number of nitrogens with two attached hydrogens (primary N) is 1. The van der Waals surface area contributed by atoms with Crippen LogP contribution in [-0.2, 0) is 0 Å². The molecule has 0 spiro atoms. The van der Waals surface area contributed by atoms with Crippen LogP contribution in [0.2, 0.25) is 10.3 Å². The van der Waals surface area contributed by atoms with Gasteiger partial charge in [0.2, 0.25) is 0 Å². The molecule has 21 heavy (non-hydrogen) atoms. The van der Waals surface area contributed by atoms with Gasteiger partial charge in [-0.05, 0) is 43.2 Å². The van der Waals surface area contributed by atoms with E-state index in [0.29, 0.717) is 11.3 Å². The second-order valence-corrected chi connectivity index (χ2v) is 5.33. The molecule has 3 N–H and O–H groups in total. The Kier molecular flexibility index (Phi) is 4.34. The van der Waals surface area contributed by atoms with Gasteiger partial charge in [0.15, 0.2) is 5.15 Å². The highest BCUT2D eigenvalue weighted by Gasteiger charge is 2.17. The topological polar surface area (TPSA) is 68.0 Å². The molecule has 0 aliphatic heterocycles. The summed E-state index contributed by atoms with van der Waals surface area (Å²) in [5.74, 6) is -1.28. The van der Waals surface area contributed by atoms with E-state index < -0.39 is 11.7 Å². The van der Waals surface area contributed by atoms with Crippen molar-refractivity contribution in [1.82, 2.24) is 4.98 Å². The molecule has 0 bridgehead atoms. The van der Waals surface area contributed by atoms with Crippen LogP contribution in [0.5, 0.6) is 0 Å². The highest BCUT2D eigenvalue weighted by Crippen LogP contribution is 2.27. The Labute approximate surface area is 131 Å². The fourth-order valence-electron chi connectivity index (χ4n) is 1.89. The van der Waals surface area contributed by atoms with Crippen molar-refractivity contribution in [3.63, 3.8) is 0 Å². The molecule has 1 aromatic carbocycles. The van der Waals surface area contributed by atoms with Gasteiger partial charge >= 0.3 is 0 Å². The van der Waals surface area contributed by atoms with Crippen molar-refractivity contribution < 1.29 is 9.18 Å². The van der Waals surface area contributed by atoms with Crippen LogP contribution >= 0.6 is 23.2 Å². The summed E-state index contributed by atoms with van der Waals surface area (Å²) in [5, 5.41) is 2.78. The van der Waals surface area contributed by atoms with Gasteiger partial charge in [-0.1, -0.05) is 23.2 Å². The third-order valence-corrected chi connectivity index (χ3v) is 3.37. The first kappa shape index (κ1) is 15.5. The number of amides is 1. The van der Waals surface area contributed by atoms with E-state index in [2.05, 4.69) is 10.3 Å². The van der Waals surface area contributed by atoms with E-state index in [1.54, 1.807) is 13.0 Å². The van der Waals surface area contributed by atoms with Gasteiger partial charge in [0.1, 0.15) is 11.0 Å². The minimum absolute atomic E-state index is 0.0365. The third kappa shape index (κ3) is 3.25. The van der Waals surface area contributed by atoms with Crippen LogP contribution in [0.3, 0.4) is 0 Å². The predicted molar refractivity (Wildman–Crippen MR) is 82.5 cm³/mol. The lowest BCUT2D eigenvalue weighted by molar-refractivity contribution is 0.102. The maximum Gasteiger partial charge on any atom is 0.258 e. The summed E-state index contributed by atoms with van der Waals surface area (Å²) in [6.07, 6.45) is 0. The molecule has 1 heterocycles. The molecule has 0 aliphatic carbocycles. The number of nitrogens with one attached hydrogen (secondary N) is 1. The number of hydrogen-bond donors (Lipinski definition) is 2. The maximum atomic E-state index is 14.0. The number of pyridine rings is 1. The van der Waals surface area contributed by atoms with Crippen molar-refractivity contribution in [2.75, 3.05) is 11.1 Å². The van der Waals surface area contributed by atoms with Gasteiger partial charge in [0.05, 0.1) is 11.3 Å². The second kappa shape index (κ2) is 5.87. The molecule has 0 saturated heterocycles. The number of nitrogen functional groups attached to an aromatic ring is 1. The summed E-state index contributed by atoms with van der Waals surface area (Å²) in [7, 11) is 0. The molecule has 0 saturated carbocycles. The van der Waals surface area contributed by atoms with Crippen LogP contribution in [-0.4, -0.2) is 10.9 Å². The largest absolute Gasteiger partial charge is 0.399 e. The fraction of sp³-hybridized carbons (Fsp3) is 0.143. The summed E-state index contributed by atoms with van der Waals surface area (Å²) < 4.78 is 14.0. The molecular weight excluding hydrogens is 316 g/mol. The molecule has 1 amide bonds. The Bertz CT molecular complexity index is 711. The van der Waals surface area contributed by atoms with Crippen LogP contribution in [0.4, 0.5) is 15.8 Å². The Hall–Kier alpha value is -1.85. The number of aryl methyl sites for hydroxylation is 2. The molecule has 2 rings (SSSR count). The Balaban J connectivity index is 2.40. The zero-order valence-electron chi connectivity index (χ0n) is 11.3. The van der Waals surface area contributed by atoms with E-state index in [9.17, 15) is 9.18 Å².